The van der Waals surface area contributed by atoms with Crippen LogP contribution in [0.5, 0.6) is 0 Å². The molecule has 0 fully saturated rings. The minimum absolute atomic E-state index is 0.0621. The van der Waals surface area contributed by atoms with Gasteiger partial charge >= 0.3 is 5.97 Å². The number of imidazole rings is 1. The van der Waals surface area contributed by atoms with E-state index in [9.17, 15) is 9.59 Å². The third kappa shape index (κ3) is 3.76. The number of carboxylic acids is 1. The molecule has 0 atom stereocenters. The van der Waals surface area contributed by atoms with E-state index in [1.54, 1.807) is 24.6 Å². The highest BCUT2D eigenvalue weighted by atomic mass is 32.2. The number of thioether (sulfide) groups is 1. The third-order valence-electron chi connectivity index (χ3n) is 2.42. The Labute approximate surface area is 110 Å². The summed E-state index contributed by atoms with van der Waals surface area (Å²) in [6.45, 7) is 5.69. The number of carbonyl (C=O) groups excluding carboxylic acids is 1. The molecule has 0 aromatic carbocycles. The van der Waals surface area contributed by atoms with Crippen LogP contribution in [0.15, 0.2) is 11.4 Å². The van der Waals surface area contributed by atoms with Gasteiger partial charge in [0.25, 0.3) is 0 Å². The van der Waals surface area contributed by atoms with Crippen LogP contribution in [0.25, 0.3) is 0 Å². The largest absolute Gasteiger partial charge is 0.481 e. The predicted molar refractivity (Wildman–Crippen MR) is 68.3 cm³/mol. The first kappa shape index (κ1) is 14.6. The molecule has 6 nitrogen and oxygen atoms in total. The average Bonchev–Trinajstić information content (AvgIpc) is 2.54. The van der Waals surface area contributed by atoms with Crippen molar-refractivity contribution in [3.8, 4) is 0 Å². The number of nitrogens with zero attached hydrogens (tertiary/aromatic N) is 2. The Hall–Kier alpha value is -1.50. The molecule has 7 heteroatoms. The molecule has 0 aliphatic carbocycles. The first-order valence-corrected chi connectivity index (χ1v) is 6.39. The minimum Gasteiger partial charge on any atom is -0.481 e. The molecule has 0 saturated carbocycles. The molecule has 0 bridgehead atoms. The van der Waals surface area contributed by atoms with E-state index in [0.717, 1.165) is 17.5 Å². The summed E-state index contributed by atoms with van der Waals surface area (Å²) in [5.74, 6) is -1.36. The van der Waals surface area contributed by atoms with Crippen LogP contribution in [0.2, 0.25) is 0 Å². The van der Waals surface area contributed by atoms with Gasteiger partial charge in [0.2, 0.25) is 5.91 Å². The molecule has 0 aliphatic rings. The Morgan fingerprint density at radius 2 is 2.17 bits per heavy atom. The number of carboxylic acid groups (broad SMARTS) is 1. The number of aryl methyl sites for hydroxylation is 1. The lowest BCUT2D eigenvalue weighted by Gasteiger charge is -2.21. The summed E-state index contributed by atoms with van der Waals surface area (Å²) < 4.78 is 1.77. The second kappa shape index (κ2) is 5.43. The van der Waals surface area contributed by atoms with Crippen molar-refractivity contribution >= 4 is 23.6 Å². The SMILES string of the molecule is Cc1cn(CC(C)(C)C(N)=O)c(SCC(=O)O)n1. The number of amides is 1. The molecule has 0 radical (unpaired) electrons. The molecule has 0 unspecified atom stereocenters. The van der Waals surface area contributed by atoms with Crippen molar-refractivity contribution in [1.29, 1.82) is 0 Å². The fourth-order valence-electron chi connectivity index (χ4n) is 1.38. The zero-order valence-corrected chi connectivity index (χ0v) is 11.5. The quantitative estimate of drug-likeness (QED) is 0.748. The Balaban J connectivity index is 2.88. The monoisotopic (exact) mass is 271 g/mol. The highest BCUT2D eigenvalue weighted by molar-refractivity contribution is 7.99. The molecule has 1 aromatic rings. The maximum Gasteiger partial charge on any atom is 0.313 e. The van der Waals surface area contributed by atoms with Crippen molar-refractivity contribution in [1.82, 2.24) is 9.55 Å². The van der Waals surface area contributed by atoms with Gasteiger partial charge in [-0.2, -0.15) is 0 Å². The van der Waals surface area contributed by atoms with Crippen LogP contribution < -0.4 is 5.73 Å². The van der Waals surface area contributed by atoms with Gasteiger partial charge in [-0.05, 0) is 20.8 Å². The number of hydrogen-bond donors (Lipinski definition) is 2. The molecular weight excluding hydrogens is 254 g/mol. The van der Waals surface area contributed by atoms with E-state index < -0.39 is 17.3 Å². The summed E-state index contributed by atoms with van der Waals surface area (Å²) in [5, 5.41) is 9.25. The van der Waals surface area contributed by atoms with Crippen molar-refractivity contribution < 1.29 is 14.7 Å². The Morgan fingerprint density at radius 1 is 1.56 bits per heavy atom. The van der Waals surface area contributed by atoms with E-state index in [2.05, 4.69) is 4.98 Å². The molecule has 0 aliphatic heterocycles. The van der Waals surface area contributed by atoms with Crippen LogP contribution in [-0.2, 0) is 16.1 Å². The van der Waals surface area contributed by atoms with E-state index in [-0.39, 0.29) is 5.75 Å². The highest BCUT2D eigenvalue weighted by Crippen LogP contribution is 2.23. The number of primary amides is 1. The van der Waals surface area contributed by atoms with Crippen LogP contribution in [0.1, 0.15) is 19.5 Å². The average molecular weight is 271 g/mol. The first-order valence-electron chi connectivity index (χ1n) is 5.40. The second-order valence-electron chi connectivity index (χ2n) is 4.72. The number of nitrogens with two attached hydrogens (primary N) is 1. The van der Waals surface area contributed by atoms with Gasteiger partial charge in [-0.15, -0.1) is 0 Å². The minimum atomic E-state index is -0.902. The summed E-state index contributed by atoms with van der Waals surface area (Å²) in [4.78, 5) is 26.1. The number of aliphatic carboxylic acids is 1. The van der Waals surface area contributed by atoms with Crippen LogP contribution in [0.4, 0.5) is 0 Å². The number of carbonyl (C=O) groups is 2. The van der Waals surface area contributed by atoms with Gasteiger partial charge in [0.1, 0.15) is 0 Å². The van der Waals surface area contributed by atoms with E-state index in [4.69, 9.17) is 10.8 Å². The Bertz CT molecular complexity index is 468. The van der Waals surface area contributed by atoms with Gasteiger partial charge in [0, 0.05) is 12.7 Å². The lowest BCUT2D eigenvalue weighted by Crippen LogP contribution is -2.35. The Morgan fingerprint density at radius 3 is 2.67 bits per heavy atom. The van der Waals surface area contributed by atoms with Gasteiger partial charge in [-0.25, -0.2) is 4.98 Å². The van der Waals surface area contributed by atoms with Crippen molar-refractivity contribution in [2.45, 2.75) is 32.5 Å². The Kier molecular flexibility index (Phi) is 4.39. The fourth-order valence-corrected chi connectivity index (χ4v) is 2.13. The molecule has 1 rings (SSSR count). The summed E-state index contributed by atoms with van der Waals surface area (Å²) in [6.07, 6.45) is 1.79. The molecule has 1 heterocycles. The van der Waals surface area contributed by atoms with E-state index in [0.29, 0.717) is 11.7 Å². The number of aromatic nitrogens is 2. The third-order valence-corrected chi connectivity index (χ3v) is 3.39. The normalized spacial score (nSPS) is 11.5. The maximum atomic E-state index is 11.3. The number of hydrogen-bond acceptors (Lipinski definition) is 4. The van der Waals surface area contributed by atoms with Crippen LogP contribution in [-0.4, -0.2) is 32.3 Å². The first-order chi connectivity index (χ1) is 8.22. The lowest BCUT2D eigenvalue weighted by molar-refractivity contribution is -0.134. The van der Waals surface area contributed by atoms with E-state index >= 15 is 0 Å². The summed E-state index contributed by atoms with van der Waals surface area (Å²) in [5.41, 5.74) is 5.40. The maximum absolute atomic E-state index is 11.3. The standard InChI is InChI=1S/C11H17N3O3S/c1-7-4-14(6-11(2,3)9(12)17)10(13-7)18-5-8(15)16/h4H,5-6H2,1-3H3,(H2,12,17)(H,15,16). The van der Waals surface area contributed by atoms with Gasteiger partial charge in [-0.3, -0.25) is 9.59 Å². The molecule has 3 N–H and O–H groups in total. The second-order valence-corrected chi connectivity index (χ2v) is 5.67. The zero-order valence-electron chi connectivity index (χ0n) is 10.6. The fraction of sp³-hybridized carbons (Fsp3) is 0.545. The van der Waals surface area contributed by atoms with Crippen molar-refractivity contribution in [2.24, 2.45) is 11.1 Å². The van der Waals surface area contributed by atoms with Gasteiger partial charge in [0.15, 0.2) is 5.16 Å². The summed E-state index contributed by atoms with van der Waals surface area (Å²) in [6, 6.07) is 0. The molecule has 18 heavy (non-hydrogen) atoms. The van der Waals surface area contributed by atoms with Crippen molar-refractivity contribution in [3.05, 3.63) is 11.9 Å². The summed E-state index contributed by atoms with van der Waals surface area (Å²) in [7, 11) is 0. The lowest BCUT2D eigenvalue weighted by atomic mass is 9.93. The van der Waals surface area contributed by atoms with E-state index in [1.807, 2.05) is 6.92 Å². The molecule has 0 saturated heterocycles. The van der Waals surface area contributed by atoms with Gasteiger partial charge in [0.05, 0.1) is 16.9 Å². The van der Waals surface area contributed by atoms with Crippen molar-refractivity contribution in [2.75, 3.05) is 5.75 Å². The molecular formula is C11H17N3O3S. The molecule has 100 valence electrons. The van der Waals surface area contributed by atoms with Crippen LogP contribution in [0, 0.1) is 12.3 Å². The topological polar surface area (TPSA) is 98.2 Å². The molecule has 1 amide bonds. The van der Waals surface area contributed by atoms with Crippen LogP contribution in [0.3, 0.4) is 0 Å². The van der Waals surface area contributed by atoms with Gasteiger partial charge in [-0.1, -0.05) is 11.8 Å². The summed E-state index contributed by atoms with van der Waals surface area (Å²) >= 11 is 1.13. The van der Waals surface area contributed by atoms with Crippen molar-refractivity contribution in [3.63, 3.8) is 0 Å². The predicted octanol–water partition coefficient (Wildman–Crippen LogP) is 0.880. The molecule has 0 spiro atoms. The van der Waals surface area contributed by atoms with Gasteiger partial charge < -0.3 is 15.4 Å². The number of rotatable bonds is 6. The highest BCUT2D eigenvalue weighted by Gasteiger charge is 2.26. The van der Waals surface area contributed by atoms with E-state index in [1.165, 1.54) is 0 Å². The zero-order chi connectivity index (χ0) is 13.9. The molecule has 1 aromatic heterocycles. The van der Waals surface area contributed by atoms with Crippen LogP contribution >= 0.6 is 11.8 Å². The smallest absolute Gasteiger partial charge is 0.313 e.